The molecule has 0 saturated heterocycles. The monoisotopic (exact) mass is 433 g/mol. The molecule has 4 aliphatic carbocycles. The maximum Gasteiger partial charge on any atom is 0.303 e. The van der Waals surface area contributed by atoms with E-state index in [1.807, 2.05) is 0 Å². The van der Waals surface area contributed by atoms with Crippen molar-refractivity contribution in [3.8, 4) is 0 Å². The lowest BCUT2D eigenvalue weighted by atomic mass is 9.43. The van der Waals surface area contributed by atoms with Crippen LogP contribution in [0.25, 0.3) is 0 Å². The fourth-order valence-electron chi connectivity index (χ4n) is 9.18. The average Bonchev–Trinajstić information content (AvgIpc) is 3.04. The Labute approximate surface area is 187 Å². The molecule has 5 heteroatoms. The van der Waals surface area contributed by atoms with Crippen LogP contribution in [-0.2, 0) is 9.59 Å². The number of aliphatic hydroxyl groups excluding tert-OH is 1. The van der Waals surface area contributed by atoms with E-state index in [0.29, 0.717) is 35.5 Å². The molecule has 4 saturated carbocycles. The SMILES string of the molecule is CC(=O)N[C@H]1C[C@@H]2C[C@H](O)CC[C@]2(C)[C@H]2CC[C@]3(C)[C@@H]([C@H](C)CCC(=O)O)CC[C@H]3[C@H]12. The zero-order valence-electron chi connectivity index (χ0n) is 19.9. The molecule has 3 N–H and O–H groups in total. The third kappa shape index (κ3) is 3.94. The molecule has 176 valence electrons. The second-order valence-electron chi connectivity index (χ2n) is 12.1. The largest absolute Gasteiger partial charge is 0.481 e. The van der Waals surface area contributed by atoms with Gasteiger partial charge in [-0.2, -0.15) is 0 Å². The Morgan fingerprint density at radius 3 is 2.39 bits per heavy atom. The van der Waals surface area contributed by atoms with Crippen LogP contribution in [0, 0.1) is 46.3 Å². The fraction of sp³-hybridized carbons (Fsp3) is 0.923. The molecule has 0 bridgehead atoms. The predicted molar refractivity (Wildman–Crippen MR) is 120 cm³/mol. The number of nitrogens with one attached hydrogen (secondary N) is 1. The molecule has 0 radical (unpaired) electrons. The van der Waals surface area contributed by atoms with Crippen LogP contribution in [0.15, 0.2) is 0 Å². The lowest BCUT2D eigenvalue weighted by molar-refractivity contribution is -0.147. The van der Waals surface area contributed by atoms with Crippen molar-refractivity contribution >= 4 is 11.9 Å². The molecular formula is C26H43NO4. The highest BCUT2D eigenvalue weighted by molar-refractivity contribution is 5.73. The summed E-state index contributed by atoms with van der Waals surface area (Å²) in [6.45, 7) is 8.87. The Kier molecular flexibility index (Phi) is 6.22. The van der Waals surface area contributed by atoms with E-state index >= 15 is 0 Å². The van der Waals surface area contributed by atoms with Crippen molar-refractivity contribution in [3.63, 3.8) is 0 Å². The third-order valence-electron chi connectivity index (χ3n) is 10.7. The molecule has 5 nitrogen and oxygen atoms in total. The number of hydrogen-bond donors (Lipinski definition) is 3. The summed E-state index contributed by atoms with van der Waals surface area (Å²) in [5.41, 5.74) is 0.514. The van der Waals surface area contributed by atoms with Gasteiger partial charge in [0.05, 0.1) is 6.10 Å². The molecule has 10 atom stereocenters. The summed E-state index contributed by atoms with van der Waals surface area (Å²) in [6, 6.07) is 0.212. The van der Waals surface area contributed by atoms with Crippen LogP contribution in [0.5, 0.6) is 0 Å². The summed E-state index contributed by atoms with van der Waals surface area (Å²) in [6.07, 6.45) is 9.57. The van der Waals surface area contributed by atoms with Gasteiger partial charge in [-0.25, -0.2) is 0 Å². The Balaban J connectivity index is 1.62. The lowest BCUT2D eigenvalue weighted by Crippen LogP contribution is -2.62. The van der Waals surface area contributed by atoms with Crippen LogP contribution in [0.4, 0.5) is 0 Å². The highest BCUT2D eigenvalue weighted by Crippen LogP contribution is 2.68. The molecule has 1 amide bonds. The van der Waals surface area contributed by atoms with Crippen molar-refractivity contribution in [2.45, 2.75) is 104 Å². The van der Waals surface area contributed by atoms with Crippen LogP contribution in [0.2, 0.25) is 0 Å². The molecule has 31 heavy (non-hydrogen) atoms. The van der Waals surface area contributed by atoms with E-state index in [1.54, 1.807) is 6.92 Å². The number of amides is 1. The summed E-state index contributed by atoms with van der Waals surface area (Å²) in [4.78, 5) is 23.3. The summed E-state index contributed by atoms with van der Waals surface area (Å²) in [5.74, 6) is 2.60. The molecule has 0 aliphatic heterocycles. The van der Waals surface area contributed by atoms with E-state index in [4.69, 9.17) is 0 Å². The van der Waals surface area contributed by atoms with Gasteiger partial charge < -0.3 is 15.5 Å². The van der Waals surface area contributed by atoms with E-state index in [0.717, 1.165) is 32.1 Å². The molecule has 0 unspecified atom stereocenters. The van der Waals surface area contributed by atoms with Gasteiger partial charge in [0.1, 0.15) is 0 Å². The number of fused-ring (bicyclic) bond motifs is 5. The minimum absolute atomic E-state index is 0.0698. The molecule has 0 aromatic rings. The first-order chi connectivity index (χ1) is 14.6. The Bertz CT molecular complexity index is 710. The highest BCUT2D eigenvalue weighted by Gasteiger charge is 2.63. The van der Waals surface area contributed by atoms with E-state index in [1.165, 1.54) is 25.7 Å². The second kappa shape index (κ2) is 8.35. The van der Waals surface area contributed by atoms with Crippen LogP contribution in [-0.4, -0.2) is 34.2 Å². The van der Waals surface area contributed by atoms with E-state index in [9.17, 15) is 19.8 Å². The molecule has 0 heterocycles. The standard InChI is InChI=1S/C26H43NO4/c1-15(5-8-23(30)31)19-6-7-20-24-21(10-12-26(19,20)4)25(3)11-9-18(29)13-17(25)14-22(24)27-16(2)28/h15,17-22,24,29H,5-14H2,1-4H3,(H,27,28)(H,30,31)/t15-,17+,18-,19-,20+,21+,22+,24+,25+,26-/m1/s1. The topological polar surface area (TPSA) is 86.6 Å². The molecule has 0 aromatic heterocycles. The van der Waals surface area contributed by atoms with E-state index in [-0.39, 0.29) is 35.3 Å². The number of rotatable bonds is 5. The Morgan fingerprint density at radius 2 is 1.71 bits per heavy atom. The zero-order chi connectivity index (χ0) is 22.6. The van der Waals surface area contributed by atoms with Gasteiger partial charge in [0.15, 0.2) is 0 Å². The summed E-state index contributed by atoms with van der Waals surface area (Å²) in [7, 11) is 0. The Morgan fingerprint density at radius 1 is 1.03 bits per heavy atom. The van der Waals surface area contributed by atoms with Gasteiger partial charge in [-0.15, -0.1) is 0 Å². The first-order valence-electron chi connectivity index (χ1n) is 12.7. The number of aliphatic hydroxyl groups is 1. The van der Waals surface area contributed by atoms with Gasteiger partial charge >= 0.3 is 5.97 Å². The number of aliphatic carboxylic acids is 1. The average molecular weight is 434 g/mol. The van der Waals surface area contributed by atoms with Gasteiger partial charge in [0.2, 0.25) is 5.91 Å². The van der Waals surface area contributed by atoms with Gasteiger partial charge in [-0.3, -0.25) is 9.59 Å². The molecule has 4 rings (SSSR count). The molecule has 4 aliphatic rings. The van der Waals surface area contributed by atoms with E-state index < -0.39 is 5.97 Å². The predicted octanol–water partition coefficient (Wildman–Crippen LogP) is 4.62. The zero-order valence-corrected chi connectivity index (χ0v) is 19.9. The van der Waals surface area contributed by atoms with Gasteiger partial charge in [0, 0.05) is 19.4 Å². The summed E-state index contributed by atoms with van der Waals surface area (Å²) in [5, 5.41) is 22.9. The molecule has 0 spiro atoms. The molecule has 4 fully saturated rings. The van der Waals surface area contributed by atoms with Crippen LogP contribution in [0.3, 0.4) is 0 Å². The van der Waals surface area contributed by atoms with Gasteiger partial charge in [-0.1, -0.05) is 20.8 Å². The summed E-state index contributed by atoms with van der Waals surface area (Å²) < 4.78 is 0. The van der Waals surface area contributed by atoms with Crippen LogP contribution < -0.4 is 5.32 Å². The molecule has 0 aromatic carbocycles. The van der Waals surface area contributed by atoms with Crippen LogP contribution in [0.1, 0.15) is 91.9 Å². The third-order valence-corrected chi connectivity index (χ3v) is 10.7. The minimum atomic E-state index is -0.688. The smallest absolute Gasteiger partial charge is 0.303 e. The highest BCUT2D eigenvalue weighted by atomic mass is 16.4. The van der Waals surface area contributed by atoms with Crippen molar-refractivity contribution in [2.24, 2.45) is 46.3 Å². The van der Waals surface area contributed by atoms with Gasteiger partial charge in [-0.05, 0) is 104 Å². The van der Waals surface area contributed by atoms with E-state index in [2.05, 4.69) is 26.1 Å². The first kappa shape index (κ1) is 23.1. The number of carbonyl (C=O) groups excluding carboxylic acids is 1. The number of carboxylic acids is 1. The van der Waals surface area contributed by atoms with Crippen molar-refractivity contribution < 1.29 is 19.8 Å². The normalized spacial score (nSPS) is 47.6. The van der Waals surface area contributed by atoms with Gasteiger partial charge in [0.25, 0.3) is 0 Å². The van der Waals surface area contributed by atoms with Crippen molar-refractivity contribution in [1.82, 2.24) is 5.32 Å². The number of carboxylic acid groups (broad SMARTS) is 1. The van der Waals surface area contributed by atoms with Crippen molar-refractivity contribution in [1.29, 1.82) is 0 Å². The maximum atomic E-state index is 12.2. The van der Waals surface area contributed by atoms with Crippen molar-refractivity contribution in [2.75, 3.05) is 0 Å². The minimum Gasteiger partial charge on any atom is -0.481 e. The molecular weight excluding hydrogens is 390 g/mol. The maximum absolute atomic E-state index is 12.2. The second-order valence-corrected chi connectivity index (χ2v) is 12.1. The lowest BCUT2D eigenvalue weighted by Gasteiger charge is -2.63. The number of hydrogen-bond acceptors (Lipinski definition) is 3. The Hall–Kier alpha value is -1.10. The first-order valence-corrected chi connectivity index (χ1v) is 12.7. The van der Waals surface area contributed by atoms with Crippen LogP contribution >= 0.6 is 0 Å². The number of carbonyl (C=O) groups is 2. The quantitative estimate of drug-likeness (QED) is 0.590. The summed E-state index contributed by atoms with van der Waals surface area (Å²) >= 11 is 0. The van der Waals surface area contributed by atoms with Crippen molar-refractivity contribution in [3.05, 3.63) is 0 Å². The fourth-order valence-corrected chi connectivity index (χ4v) is 9.18.